The fraction of sp³-hybridized carbons (Fsp3) is 0.471. The van der Waals surface area contributed by atoms with Crippen LogP contribution in [0.1, 0.15) is 48.7 Å². The number of hydrogen-bond donors (Lipinski definition) is 1. The summed E-state index contributed by atoms with van der Waals surface area (Å²) >= 11 is 1.63. The number of rotatable bonds is 3. The second kappa shape index (κ2) is 5.43. The number of thiazole rings is 1. The molecule has 0 aliphatic carbocycles. The van der Waals surface area contributed by atoms with E-state index in [1.165, 1.54) is 5.56 Å². The van der Waals surface area contributed by atoms with Gasteiger partial charge in [-0.3, -0.25) is 0 Å². The predicted molar refractivity (Wildman–Crippen MR) is 85.1 cm³/mol. The molecular formula is C17H21NO2S. The summed E-state index contributed by atoms with van der Waals surface area (Å²) in [4.78, 5) is 4.65. The van der Waals surface area contributed by atoms with E-state index in [0.717, 1.165) is 35.0 Å². The monoisotopic (exact) mass is 303 g/mol. The fourth-order valence-corrected chi connectivity index (χ4v) is 3.51. The summed E-state index contributed by atoms with van der Waals surface area (Å²) in [6.07, 6.45) is 0.997. The van der Waals surface area contributed by atoms with E-state index >= 15 is 0 Å². The molecule has 1 aliphatic rings. The number of hydrogen-bond acceptors (Lipinski definition) is 4. The Morgan fingerprint density at radius 2 is 2.19 bits per heavy atom. The van der Waals surface area contributed by atoms with Crippen molar-refractivity contribution >= 4 is 11.3 Å². The molecule has 1 unspecified atom stereocenters. The van der Waals surface area contributed by atoms with E-state index in [9.17, 15) is 5.11 Å². The highest BCUT2D eigenvalue weighted by atomic mass is 32.1. The SMILES string of the molecule is CC(C)(C)c1csc(CC(O)c2ccc3c(c2)CCO3)n1. The van der Waals surface area contributed by atoms with Crippen molar-refractivity contribution in [2.45, 2.75) is 45.1 Å². The van der Waals surface area contributed by atoms with Gasteiger partial charge in [0.25, 0.3) is 0 Å². The van der Waals surface area contributed by atoms with Gasteiger partial charge in [0.1, 0.15) is 5.75 Å². The summed E-state index contributed by atoms with van der Waals surface area (Å²) in [6.45, 7) is 7.21. The molecule has 0 amide bonds. The van der Waals surface area contributed by atoms with Crippen LogP contribution in [-0.2, 0) is 18.3 Å². The van der Waals surface area contributed by atoms with Gasteiger partial charge in [0.2, 0.25) is 0 Å². The zero-order valence-corrected chi connectivity index (χ0v) is 13.5. The molecule has 4 heteroatoms. The van der Waals surface area contributed by atoms with E-state index in [-0.39, 0.29) is 5.41 Å². The molecule has 1 aliphatic heterocycles. The Balaban J connectivity index is 1.74. The third-order valence-corrected chi connectivity index (χ3v) is 4.66. The van der Waals surface area contributed by atoms with Gasteiger partial charge in [-0.2, -0.15) is 0 Å². The molecule has 0 fully saturated rings. The Bertz CT molecular complexity index is 642. The first-order valence-corrected chi connectivity index (χ1v) is 8.20. The Morgan fingerprint density at radius 3 is 2.90 bits per heavy atom. The summed E-state index contributed by atoms with van der Waals surface area (Å²) in [5.74, 6) is 0.954. The number of fused-ring (bicyclic) bond motifs is 1. The zero-order valence-electron chi connectivity index (χ0n) is 12.7. The summed E-state index contributed by atoms with van der Waals surface area (Å²) < 4.78 is 5.50. The van der Waals surface area contributed by atoms with Crippen LogP contribution >= 0.6 is 11.3 Å². The summed E-state index contributed by atoms with van der Waals surface area (Å²) in [6, 6.07) is 5.97. The van der Waals surface area contributed by atoms with E-state index in [1.807, 2.05) is 12.1 Å². The Hall–Kier alpha value is -1.39. The first-order valence-electron chi connectivity index (χ1n) is 7.32. The van der Waals surface area contributed by atoms with Crippen LogP contribution in [0.4, 0.5) is 0 Å². The molecule has 1 N–H and O–H groups in total. The smallest absolute Gasteiger partial charge is 0.122 e. The normalized spacial score (nSPS) is 15.6. The molecule has 1 aromatic heterocycles. The van der Waals surface area contributed by atoms with Gasteiger partial charge in [0, 0.05) is 23.6 Å². The third-order valence-electron chi connectivity index (χ3n) is 3.79. The lowest BCUT2D eigenvalue weighted by atomic mass is 9.93. The van der Waals surface area contributed by atoms with Crippen molar-refractivity contribution in [2.75, 3.05) is 6.61 Å². The van der Waals surface area contributed by atoms with Crippen LogP contribution in [-0.4, -0.2) is 16.7 Å². The van der Waals surface area contributed by atoms with E-state index in [1.54, 1.807) is 11.3 Å². The van der Waals surface area contributed by atoms with Crippen LogP contribution in [0, 0.1) is 0 Å². The number of aliphatic hydroxyl groups excluding tert-OH is 1. The highest BCUT2D eigenvalue weighted by molar-refractivity contribution is 7.09. The first-order chi connectivity index (χ1) is 9.93. The molecule has 112 valence electrons. The summed E-state index contributed by atoms with van der Waals surface area (Å²) in [5.41, 5.74) is 3.30. The number of aliphatic hydroxyl groups is 1. The average molecular weight is 303 g/mol. The minimum Gasteiger partial charge on any atom is -0.493 e. The molecule has 0 saturated carbocycles. The summed E-state index contributed by atoms with van der Waals surface area (Å²) in [5, 5.41) is 13.5. The quantitative estimate of drug-likeness (QED) is 0.941. The molecule has 0 spiro atoms. The second-order valence-corrected chi connectivity index (χ2v) is 7.50. The number of aromatic nitrogens is 1. The van der Waals surface area contributed by atoms with Crippen molar-refractivity contribution in [2.24, 2.45) is 0 Å². The molecular weight excluding hydrogens is 282 g/mol. The van der Waals surface area contributed by atoms with Crippen molar-refractivity contribution in [1.82, 2.24) is 4.98 Å². The van der Waals surface area contributed by atoms with Crippen molar-refractivity contribution in [3.8, 4) is 5.75 Å². The lowest BCUT2D eigenvalue weighted by molar-refractivity contribution is 0.178. The highest BCUT2D eigenvalue weighted by Crippen LogP contribution is 2.30. The van der Waals surface area contributed by atoms with E-state index in [0.29, 0.717) is 6.42 Å². The van der Waals surface area contributed by atoms with Crippen molar-refractivity contribution in [3.05, 3.63) is 45.4 Å². The van der Waals surface area contributed by atoms with Crippen molar-refractivity contribution in [1.29, 1.82) is 0 Å². The van der Waals surface area contributed by atoms with Gasteiger partial charge in [-0.05, 0) is 23.3 Å². The van der Waals surface area contributed by atoms with Gasteiger partial charge in [0.05, 0.1) is 23.4 Å². The van der Waals surface area contributed by atoms with Gasteiger partial charge in [-0.15, -0.1) is 11.3 Å². The standard InChI is InChI=1S/C17H21NO2S/c1-17(2,3)15-10-21-16(18-15)9-13(19)11-4-5-14-12(8-11)6-7-20-14/h4-5,8,10,13,19H,6-7,9H2,1-3H3. The van der Waals surface area contributed by atoms with Crippen LogP contribution in [0.2, 0.25) is 0 Å². The molecule has 2 aromatic rings. The maximum atomic E-state index is 10.4. The van der Waals surface area contributed by atoms with Gasteiger partial charge >= 0.3 is 0 Å². The Labute approximate surface area is 129 Å². The molecule has 3 nitrogen and oxygen atoms in total. The van der Waals surface area contributed by atoms with Crippen LogP contribution in [0.15, 0.2) is 23.6 Å². The summed E-state index contributed by atoms with van der Waals surface area (Å²) in [7, 11) is 0. The van der Waals surface area contributed by atoms with Gasteiger partial charge in [0.15, 0.2) is 0 Å². The molecule has 2 heterocycles. The highest BCUT2D eigenvalue weighted by Gasteiger charge is 2.20. The maximum absolute atomic E-state index is 10.4. The number of nitrogens with zero attached hydrogens (tertiary/aromatic N) is 1. The van der Waals surface area contributed by atoms with Crippen LogP contribution in [0.25, 0.3) is 0 Å². The maximum Gasteiger partial charge on any atom is 0.122 e. The topological polar surface area (TPSA) is 42.4 Å². The van der Waals surface area contributed by atoms with Crippen LogP contribution in [0.5, 0.6) is 5.75 Å². The lowest BCUT2D eigenvalue weighted by Gasteiger charge is -2.14. The van der Waals surface area contributed by atoms with Gasteiger partial charge < -0.3 is 9.84 Å². The second-order valence-electron chi connectivity index (χ2n) is 6.56. The van der Waals surface area contributed by atoms with Gasteiger partial charge in [-0.25, -0.2) is 4.98 Å². The minimum absolute atomic E-state index is 0.0601. The van der Waals surface area contributed by atoms with Crippen molar-refractivity contribution < 1.29 is 9.84 Å². The van der Waals surface area contributed by atoms with Crippen molar-refractivity contribution in [3.63, 3.8) is 0 Å². The Kier molecular flexibility index (Phi) is 3.76. The molecule has 1 aromatic carbocycles. The zero-order chi connectivity index (χ0) is 15.0. The molecule has 21 heavy (non-hydrogen) atoms. The number of benzene rings is 1. The minimum atomic E-state index is -0.505. The van der Waals surface area contributed by atoms with Crippen LogP contribution in [0.3, 0.4) is 0 Å². The molecule has 0 bridgehead atoms. The molecule has 0 radical (unpaired) electrons. The van der Waals surface area contributed by atoms with Crippen LogP contribution < -0.4 is 4.74 Å². The third kappa shape index (κ3) is 3.11. The fourth-order valence-electron chi connectivity index (χ4n) is 2.45. The van der Waals surface area contributed by atoms with E-state index in [4.69, 9.17) is 4.74 Å². The van der Waals surface area contributed by atoms with E-state index < -0.39 is 6.10 Å². The average Bonchev–Trinajstić information content (AvgIpc) is 3.04. The molecule has 1 atom stereocenters. The van der Waals surface area contributed by atoms with Gasteiger partial charge in [-0.1, -0.05) is 26.8 Å². The first kappa shape index (κ1) is 14.5. The van der Waals surface area contributed by atoms with E-state index in [2.05, 4.69) is 37.2 Å². The molecule has 3 rings (SSSR count). The lowest BCUT2D eigenvalue weighted by Crippen LogP contribution is -2.12. The predicted octanol–water partition coefficient (Wildman–Crippen LogP) is 3.65. The molecule has 0 saturated heterocycles. The number of ether oxygens (including phenoxy) is 1. The largest absolute Gasteiger partial charge is 0.493 e. The Morgan fingerprint density at radius 1 is 1.38 bits per heavy atom.